The van der Waals surface area contributed by atoms with E-state index in [-0.39, 0.29) is 11.8 Å². The van der Waals surface area contributed by atoms with Crippen molar-refractivity contribution in [1.82, 2.24) is 0 Å². The molecular weight excluding hydrogens is 284 g/mol. The van der Waals surface area contributed by atoms with Gasteiger partial charge in [-0.05, 0) is 37.1 Å². The average Bonchev–Trinajstić information content (AvgIpc) is 2.28. The van der Waals surface area contributed by atoms with E-state index in [2.05, 4.69) is 15.9 Å². The number of esters is 1. The maximum atomic E-state index is 11.6. The van der Waals surface area contributed by atoms with E-state index in [4.69, 9.17) is 4.74 Å². The number of hydrogen-bond donors (Lipinski definition) is 0. The topological polar surface area (TPSA) is 43.4 Å². The molecule has 0 atom stereocenters. The van der Waals surface area contributed by atoms with Crippen molar-refractivity contribution in [1.29, 1.82) is 0 Å². The van der Waals surface area contributed by atoms with Crippen LogP contribution in [0.1, 0.15) is 28.4 Å². The van der Waals surface area contributed by atoms with E-state index < -0.39 is 0 Å². The molecular formula is C13H15BrO3. The Balaban J connectivity index is 2.93. The zero-order valence-electron chi connectivity index (χ0n) is 9.96. The summed E-state index contributed by atoms with van der Waals surface area (Å²) in [5.41, 5.74) is 2.30. The fourth-order valence-electron chi connectivity index (χ4n) is 1.57. The highest BCUT2D eigenvalue weighted by Gasteiger charge is 2.10. The third kappa shape index (κ3) is 4.30. The quantitative estimate of drug-likeness (QED) is 0.620. The van der Waals surface area contributed by atoms with Crippen molar-refractivity contribution in [3.8, 4) is 0 Å². The largest absolute Gasteiger partial charge is 0.462 e. The van der Waals surface area contributed by atoms with Gasteiger partial charge in [-0.3, -0.25) is 4.79 Å². The number of ether oxygens (including phenoxy) is 1. The summed E-state index contributed by atoms with van der Waals surface area (Å²) in [7, 11) is 0. The van der Waals surface area contributed by atoms with Crippen LogP contribution in [0.2, 0.25) is 0 Å². The van der Waals surface area contributed by atoms with Crippen LogP contribution >= 0.6 is 15.9 Å². The van der Waals surface area contributed by atoms with E-state index in [1.54, 1.807) is 19.1 Å². The molecule has 0 heterocycles. The van der Waals surface area contributed by atoms with Gasteiger partial charge in [-0.2, -0.15) is 0 Å². The van der Waals surface area contributed by atoms with Crippen LogP contribution in [-0.2, 0) is 16.0 Å². The van der Waals surface area contributed by atoms with E-state index in [0.29, 0.717) is 23.9 Å². The summed E-state index contributed by atoms with van der Waals surface area (Å²) >= 11 is 3.12. The molecule has 0 amide bonds. The van der Waals surface area contributed by atoms with Gasteiger partial charge in [0.1, 0.15) is 5.78 Å². The number of alkyl halides is 1. The number of benzene rings is 1. The van der Waals surface area contributed by atoms with Crippen LogP contribution in [0, 0.1) is 6.92 Å². The minimum Gasteiger partial charge on any atom is -0.462 e. The lowest BCUT2D eigenvalue weighted by Crippen LogP contribution is -2.08. The van der Waals surface area contributed by atoms with Crippen molar-refractivity contribution >= 4 is 27.7 Å². The van der Waals surface area contributed by atoms with Gasteiger partial charge in [0.25, 0.3) is 0 Å². The molecule has 0 spiro atoms. The molecule has 0 aliphatic heterocycles. The summed E-state index contributed by atoms with van der Waals surface area (Å²) in [4.78, 5) is 22.9. The first kappa shape index (κ1) is 13.9. The predicted molar refractivity (Wildman–Crippen MR) is 69.6 cm³/mol. The molecule has 3 nitrogen and oxygen atoms in total. The summed E-state index contributed by atoms with van der Waals surface area (Å²) in [5.74, 6) is -0.255. The van der Waals surface area contributed by atoms with E-state index in [0.717, 1.165) is 11.1 Å². The van der Waals surface area contributed by atoms with Gasteiger partial charge in [-0.1, -0.05) is 22.0 Å². The molecule has 92 valence electrons. The Morgan fingerprint density at radius 2 is 2.00 bits per heavy atom. The molecule has 0 unspecified atom stereocenters. The van der Waals surface area contributed by atoms with Crippen LogP contribution in [-0.4, -0.2) is 23.7 Å². The highest BCUT2D eigenvalue weighted by molar-refractivity contribution is 9.09. The molecule has 1 aromatic carbocycles. The number of Topliss-reactive ketones (excluding diaryl/α,β-unsaturated/α-hetero) is 1. The number of aryl methyl sites for hydroxylation is 1. The van der Waals surface area contributed by atoms with Gasteiger partial charge >= 0.3 is 5.97 Å². The van der Waals surface area contributed by atoms with Crippen molar-refractivity contribution in [2.24, 2.45) is 0 Å². The minimum atomic E-state index is -0.344. The Bertz CT molecular complexity index is 427. The van der Waals surface area contributed by atoms with Crippen molar-refractivity contribution in [2.45, 2.75) is 20.3 Å². The number of ketones is 1. The van der Waals surface area contributed by atoms with E-state index in [9.17, 15) is 9.59 Å². The fraction of sp³-hybridized carbons (Fsp3) is 0.385. The monoisotopic (exact) mass is 298 g/mol. The molecule has 4 heteroatoms. The standard InChI is InChI=1S/C13H15BrO3/c1-3-17-13(16)11-5-9(2)4-10(6-11)7-12(15)8-14/h4-6H,3,7-8H2,1-2H3. The lowest BCUT2D eigenvalue weighted by molar-refractivity contribution is -0.115. The summed E-state index contributed by atoms with van der Waals surface area (Å²) < 4.78 is 4.94. The van der Waals surface area contributed by atoms with Crippen molar-refractivity contribution in [3.63, 3.8) is 0 Å². The van der Waals surface area contributed by atoms with Gasteiger partial charge in [0.15, 0.2) is 0 Å². The Hall–Kier alpha value is -1.16. The molecule has 0 aliphatic carbocycles. The second-order valence-corrected chi connectivity index (χ2v) is 4.34. The Kier molecular flexibility index (Phi) is 5.35. The first-order chi connectivity index (χ1) is 8.06. The predicted octanol–water partition coefficient (Wildman–Crippen LogP) is 2.68. The third-order valence-electron chi connectivity index (χ3n) is 2.20. The number of carbonyl (C=O) groups is 2. The Labute approximate surface area is 109 Å². The molecule has 1 aromatic rings. The van der Waals surface area contributed by atoms with Gasteiger partial charge in [-0.15, -0.1) is 0 Å². The lowest BCUT2D eigenvalue weighted by atomic mass is 10.0. The van der Waals surface area contributed by atoms with Crippen molar-refractivity contribution in [2.75, 3.05) is 11.9 Å². The van der Waals surface area contributed by atoms with Crippen molar-refractivity contribution in [3.05, 3.63) is 34.9 Å². The Morgan fingerprint density at radius 3 is 2.59 bits per heavy atom. The minimum absolute atomic E-state index is 0.0883. The molecule has 0 N–H and O–H groups in total. The SMILES string of the molecule is CCOC(=O)c1cc(C)cc(CC(=O)CBr)c1. The molecule has 0 bridgehead atoms. The first-order valence-corrected chi connectivity index (χ1v) is 6.54. The van der Waals surface area contributed by atoms with Gasteiger partial charge < -0.3 is 4.74 Å². The molecule has 0 saturated heterocycles. The van der Waals surface area contributed by atoms with Crippen molar-refractivity contribution < 1.29 is 14.3 Å². The van der Waals surface area contributed by atoms with Crippen LogP contribution in [0.25, 0.3) is 0 Å². The number of rotatable bonds is 5. The van der Waals surface area contributed by atoms with Gasteiger partial charge in [0.05, 0.1) is 17.5 Å². The first-order valence-electron chi connectivity index (χ1n) is 5.42. The number of halogens is 1. The van der Waals surface area contributed by atoms with Crippen LogP contribution in [0.4, 0.5) is 0 Å². The summed E-state index contributed by atoms with van der Waals surface area (Å²) in [6.07, 6.45) is 0.333. The van der Waals surface area contributed by atoms with Crippen LogP contribution < -0.4 is 0 Å². The van der Waals surface area contributed by atoms with Gasteiger partial charge in [0, 0.05) is 6.42 Å². The zero-order chi connectivity index (χ0) is 12.8. The maximum absolute atomic E-state index is 11.6. The van der Waals surface area contributed by atoms with Crippen LogP contribution in [0.15, 0.2) is 18.2 Å². The molecule has 1 rings (SSSR count). The van der Waals surface area contributed by atoms with E-state index in [1.165, 1.54) is 0 Å². The van der Waals surface area contributed by atoms with Gasteiger partial charge in [-0.25, -0.2) is 4.79 Å². The second kappa shape index (κ2) is 6.55. The zero-order valence-corrected chi connectivity index (χ0v) is 11.5. The summed E-state index contributed by atoms with van der Waals surface area (Å²) in [5, 5.41) is 0.329. The third-order valence-corrected chi connectivity index (χ3v) is 2.82. The Morgan fingerprint density at radius 1 is 1.29 bits per heavy atom. The molecule has 0 fully saturated rings. The molecule has 0 radical (unpaired) electrons. The maximum Gasteiger partial charge on any atom is 0.338 e. The second-order valence-electron chi connectivity index (χ2n) is 3.78. The van der Waals surface area contributed by atoms with E-state index >= 15 is 0 Å². The average molecular weight is 299 g/mol. The fourth-order valence-corrected chi connectivity index (χ4v) is 1.77. The highest BCUT2D eigenvalue weighted by Crippen LogP contribution is 2.12. The lowest BCUT2D eigenvalue weighted by Gasteiger charge is -2.06. The number of carbonyl (C=O) groups excluding carboxylic acids is 2. The van der Waals surface area contributed by atoms with Gasteiger partial charge in [0.2, 0.25) is 0 Å². The normalized spacial score (nSPS) is 10.1. The molecule has 0 aliphatic rings. The van der Waals surface area contributed by atoms with E-state index in [1.807, 2.05) is 13.0 Å². The highest BCUT2D eigenvalue weighted by atomic mass is 79.9. The summed E-state index contributed by atoms with van der Waals surface area (Å²) in [6.45, 7) is 4.01. The molecule has 17 heavy (non-hydrogen) atoms. The van der Waals surface area contributed by atoms with Crippen LogP contribution in [0.5, 0.6) is 0 Å². The number of hydrogen-bond acceptors (Lipinski definition) is 3. The van der Waals surface area contributed by atoms with Crippen LogP contribution in [0.3, 0.4) is 0 Å². The molecule has 0 aromatic heterocycles. The summed E-state index contributed by atoms with van der Waals surface area (Å²) in [6, 6.07) is 5.38. The smallest absolute Gasteiger partial charge is 0.338 e. The molecule has 0 saturated carbocycles.